The lowest BCUT2D eigenvalue weighted by atomic mass is 10.0. The summed E-state index contributed by atoms with van der Waals surface area (Å²) in [4.78, 5) is 5.34. The van der Waals surface area contributed by atoms with E-state index in [2.05, 4.69) is 4.98 Å². The molecular formula is C14H16F3N3O. The summed E-state index contributed by atoms with van der Waals surface area (Å²) in [7, 11) is 0. The van der Waals surface area contributed by atoms with Crippen LogP contribution < -0.4 is 4.90 Å². The van der Waals surface area contributed by atoms with Gasteiger partial charge in [-0.25, -0.2) is 4.98 Å². The SMILES string of the molecule is CC1CN(c2nc(C(F)(F)F)ccc2C#N)CC(C)(C)O1. The van der Waals surface area contributed by atoms with Crippen molar-refractivity contribution in [1.82, 2.24) is 4.98 Å². The van der Waals surface area contributed by atoms with E-state index in [-0.39, 0.29) is 17.5 Å². The molecule has 0 spiro atoms. The van der Waals surface area contributed by atoms with E-state index in [9.17, 15) is 13.2 Å². The molecule has 1 atom stereocenters. The Kier molecular flexibility index (Phi) is 3.85. The molecule has 1 fully saturated rings. The molecule has 0 bridgehead atoms. The Bertz CT molecular complexity index is 578. The highest BCUT2D eigenvalue weighted by atomic mass is 19.4. The summed E-state index contributed by atoms with van der Waals surface area (Å²) < 4.78 is 44.2. The zero-order chi connectivity index (χ0) is 15.8. The van der Waals surface area contributed by atoms with Gasteiger partial charge in [0, 0.05) is 13.1 Å². The summed E-state index contributed by atoms with van der Waals surface area (Å²) in [5.41, 5.74) is -1.37. The summed E-state index contributed by atoms with van der Waals surface area (Å²) in [6.07, 6.45) is -4.69. The highest BCUT2D eigenvalue weighted by molar-refractivity contribution is 5.55. The summed E-state index contributed by atoms with van der Waals surface area (Å²) in [6, 6.07) is 3.90. The second-order valence-electron chi connectivity index (χ2n) is 5.75. The van der Waals surface area contributed by atoms with Gasteiger partial charge >= 0.3 is 6.18 Å². The van der Waals surface area contributed by atoms with Crippen molar-refractivity contribution in [3.8, 4) is 6.07 Å². The second-order valence-corrected chi connectivity index (χ2v) is 5.75. The maximum Gasteiger partial charge on any atom is 0.433 e. The van der Waals surface area contributed by atoms with Crippen LogP contribution in [0.5, 0.6) is 0 Å². The monoisotopic (exact) mass is 299 g/mol. The number of rotatable bonds is 1. The van der Waals surface area contributed by atoms with Crippen molar-refractivity contribution < 1.29 is 17.9 Å². The van der Waals surface area contributed by atoms with Crippen LogP contribution in [0.1, 0.15) is 32.0 Å². The van der Waals surface area contributed by atoms with Crippen LogP contribution in [-0.2, 0) is 10.9 Å². The molecule has 1 aliphatic rings. The molecule has 4 nitrogen and oxygen atoms in total. The molecule has 1 aromatic heterocycles. The zero-order valence-electron chi connectivity index (χ0n) is 12.0. The molecule has 1 unspecified atom stereocenters. The van der Waals surface area contributed by atoms with E-state index >= 15 is 0 Å². The molecule has 0 aliphatic carbocycles. The van der Waals surface area contributed by atoms with Gasteiger partial charge in [0.15, 0.2) is 0 Å². The Labute approximate surface area is 121 Å². The van der Waals surface area contributed by atoms with Gasteiger partial charge in [0.25, 0.3) is 0 Å². The number of ether oxygens (including phenoxy) is 1. The number of pyridine rings is 1. The highest BCUT2D eigenvalue weighted by Gasteiger charge is 2.36. The van der Waals surface area contributed by atoms with Gasteiger partial charge in [-0.2, -0.15) is 18.4 Å². The molecule has 2 heterocycles. The Morgan fingerprint density at radius 3 is 2.62 bits per heavy atom. The molecule has 1 aromatic rings. The van der Waals surface area contributed by atoms with Crippen LogP contribution in [-0.4, -0.2) is 29.8 Å². The zero-order valence-corrected chi connectivity index (χ0v) is 12.0. The van der Waals surface area contributed by atoms with Crippen molar-refractivity contribution >= 4 is 5.82 Å². The van der Waals surface area contributed by atoms with Crippen LogP contribution in [0, 0.1) is 11.3 Å². The first-order valence-electron chi connectivity index (χ1n) is 6.53. The minimum absolute atomic E-state index is 0.0653. The average molecular weight is 299 g/mol. The fourth-order valence-corrected chi connectivity index (χ4v) is 2.55. The third kappa shape index (κ3) is 3.45. The number of nitriles is 1. The predicted molar refractivity (Wildman–Crippen MR) is 70.8 cm³/mol. The Morgan fingerprint density at radius 2 is 2.10 bits per heavy atom. The first-order chi connectivity index (χ1) is 9.62. The van der Waals surface area contributed by atoms with Gasteiger partial charge in [0.1, 0.15) is 17.6 Å². The van der Waals surface area contributed by atoms with Gasteiger partial charge in [-0.05, 0) is 32.9 Å². The molecule has 0 amide bonds. The van der Waals surface area contributed by atoms with Crippen molar-refractivity contribution in [2.75, 3.05) is 18.0 Å². The van der Waals surface area contributed by atoms with Crippen LogP contribution in [0.15, 0.2) is 12.1 Å². The Hall–Kier alpha value is -1.81. The minimum atomic E-state index is -4.53. The quantitative estimate of drug-likeness (QED) is 0.800. The molecule has 1 saturated heterocycles. The molecule has 1 aliphatic heterocycles. The van der Waals surface area contributed by atoms with Crippen LogP contribution in [0.25, 0.3) is 0 Å². The van der Waals surface area contributed by atoms with Gasteiger partial charge in [-0.3, -0.25) is 0 Å². The largest absolute Gasteiger partial charge is 0.433 e. The number of aromatic nitrogens is 1. The van der Waals surface area contributed by atoms with E-state index in [1.54, 1.807) is 4.90 Å². The maximum atomic E-state index is 12.8. The maximum absolute atomic E-state index is 12.8. The van der Waals surface area contributed by atoms with E-state index in [1.165, 1.54) is 0 Å². The number of anilines is 1. The van der Waals surface area contributed by atoms with Gasteiger partial charge in [0.2, 0.25) is 0 Å². The van der Waals surface area contributed by atoms with Crippen molar-refractivity contribution in [2.24, 2.45) is 0 Å². The Morgan fingerprint density at radius 1 is 1.43 bits per heavy atom. The minimum Gasteiger partial charge on any atom is -0.369 e. The molecular weight excluding hydrogens is 283 g/mol. The van der Waals surface area contributed by atoms with Gasteiger partial charge in [-0.1, -0.05) is 0 Å². The van der Waals surface area contributed by atoms with Crippen LogP contribution in [0.2, 0.25) is 0 Å². The van der Waals surface area contributed by atoms with E-state index < -0.39 is 17.5 Å². The number of halogens is 3. The van der Waals surface area contributed by atoms with Crippen molar-refractivity contribution in [3.63, 3.8) is 0 Å². The Balaban J connectivity index is 2.44. The molecule has 0 saturated carbocycles. The first-order valence-corrected chi connectivity index (χ1v) is 6.53. The molecule has 7 heteroatoms. The third-order valence-electron chi connectivity index (χ3n) is 3.15. The average Bonchev–Trinajstić information content (AvgIpc) is 2.34. The van der Waals surface area contributed by atoms with Crippen molar-refractivity contribution in [2.45, 2.75) is 38.7 Å². The van der Waals surface area contributed by atoms with Crippen molar-refractivity contribution in [1.29, 1.82) is 5.26 Å². The van der Waals surface area contributed by atoms with Crippen molar-refractivity contribution in [3.05, 3.63) is 23.4 Å². The van der Waals surface area contributed by atoms with E-state index in [4.69, 9.17) is 10.00 Å². The topological polar surface area (TPSA) is 49.2 Å². The summed E-state index contributed by atoms with van der Waals surface area (Å²) in [5.74, 6) is 0.0653. The summed E-state index contributed by atoms with van der Waals surface area (Å²) in [6.45, 7) is 6.32. The fourth-order valence-electron chi connectivity index (χ4n) is 2.55. The standard InChI is InChI=1S/C14H16F3N3O/c1-9-7-20(8-13(2,3)21-9)12-10(6-18)4-5-11(19-12)14(15,16)17/h4-5,9H,7-8H2,1-3H3. The number of hydrogen-bond acceptors (Lipinski definition) is 4. The number of nitrogens with zero attached hydrogens (tertiary/aromatic N) is 3. The van der Waals surface area contributed by atoms with Crippen LogP contribution in [0.4, 0.5) is 19.0 Å². The molecule has 114 valence electrons. The third-order valence-corrected chi connectivity index (χ3v) is 3.15. The number of alkyl halides is 3. The molecule has 21 heavy (non-hydrogen) atoms. The number of morpholine rings is 1. The first kappa shape index (κ1) is 15.6. The smallest absolute Gasteiger partial charge is 0.369 e. The highest BCUT2D eigenvalue weighted by Crippen LogP contribution is 2.32. The lowest BCUT2D eigenvalue weighted by Crippen LogP contribution is -2.52. The molecule has 0 aromatic carbocycles. The van der Waals surface area contributed by atoms with Crippen LogP contribution >= 0.6 is 0 Å². The summed E-state index contributed by atoms with van der Waals surface area (Å²) in [5, 5.41) is 9.11. The second kappa shape index (κ2) is 5.19. The van der Waals surface area contributed by atoms with E-state index in [1.807, 2.05) is 26.8 Å². The van der Waals surface area contributed by atoms with Crippen LogP contribution in [0.3, 0.4) is 0 Å². The normalized spacial score (nSPS) is 22.0. The lowest BCUT2D eigenvalue weighted by molar-refractivity contribution is -0.141. The van der Waals surface area contributed by atoms with E-state index in [0.717, 1.165) is 12.1 Å². The van der Waals surface area contributed by atoms with Gasteiger partial charge in [-0.15, -0.1) is 0 Å². The van der Waals surface area contributed by atoms with E-state index in [0.29, 0.717) is 13.1 Å². The molecule has 0 N–H and O–H groups in total. The molecule has 0 radical (unpaired) electrons. The number of hydrogen-bond donors (Lipinski definition) is 0. The fraction of sp³-hybridized carbons (Fsp3) is 0.571. The lowest BCUT2D eigenvalue weighted by Gasteiger charge is -2.42. The predicted octanol–water partition coefficient (Wildman–Crippen LogP) is 2.98. The molecule has 2 rings (SSSR count). The summed E-state index contributed by atoms with van der Waals surface area (Å²) >= 11 is 0. The van der Waals surface area contributed by atoms with Gasteiger partial charge in [0.05, 0.1) is 17.3 Å². The van der Waals surface area contributed by atoms with Gasteiger partial charge < -0.3 is 9.64 Å².